The van der Waals surface area contributed by atoms with Crippen LogP contribution in [-0.2, 0) is 33.7 Å². The summed E-state index contributed by atoms with van der Waals surface area (Å²) < 4.78 is 4.83. The molecular formula is C46H60N6O6. The first-order valence-corrected chi connectivity index (χ1v) is 19.7. The Morgan fingerprint density at radius 3 is 1.76 bits per heavy atom. The van der Waals surface area contributed by atoms with Gasteiger partial charge in [0.05, 0.1) is 24.9 Å². The number of aromatic nitrogens is 1. The second-order valence-corrected chi connectivity index (χ2v) is 17.0. The van der Waals surface area contributed by atoms with E-state index in [9.17, 15) is 24.3 Å². The summed E-state index contributed by atoms with van der Waals surface area (Å²) >= 11 is 0. The minimum atomic E-state index is -1.15. The number of carbonyl (C=O) groups excluding carboxylic acids is 4. The molecule has 4 rings (SSSR count). The molecule has 0 aliphatic rings. The molecule has 0 bridgehead atoms. The molecule has 5 amide bonds. The largest absolute Gasteiger partial charge is 0.453 e. The molecule has 5 atom stereocenters. The van der Waals surface area contributed by atoms with E-state index in [1.807, 2.05) is 145 Å². The van der Waals surface area contributed by atoms with Crippen LogP contribution in [0.3, 0.4) is 0 Å². The number of hydrogen-bond acceptors (Lipinski definition) is 7. The van der Waals surface area contributed by atoms with Crippen LogP contribution in [0.5, 0.6) is 0 Å². The average molecular weight is 793 g/mol. The highest BCUT2D eigenvalue weighted by molar-refractivity contribution is 5.88. The Balaban J connectivity index is 1.62. The molecule has 12 nitrogen and oxygen atoms in total. The van der Waals surface area contributed by atoms with E-state index >= 15 is 0 Å². The normalized spacial score (nSPS) is 14.2. The lowest BCUT2D eigenvalue weighted by molar-refractivity contribution is -0.128. The summed E-state index contributed by atoms with van der Waals surface area (Å²) in [5, 5.41) is 23.9. The summed E-state index contributed by atoms with van der Waals surface area (Å²) in [6.07, 6.45) is 0.501. The number of amides is 5. The molecule has 310 valence electrons. The van der Waals surface area contributed by atoms with Gasteiger partial charge in [-0.1, -0.05) is 133 Å². The molecular weight excluding hydrogens is 733 g/mol. The third-order valence-corrected chi connectivity index (χ3v) is 9.94. The number of pyridine rings is 1. The highest BCUT2D eigenvalue weighted by Gasteiger charge is 2.38. The van der Waals surface area contributed by atoms with Gasteiger partial charge in [0.15, 0.2) is 0 Å². The summed E-state index contributed by atoms with van der Waals surface area (Å²) in [6.45, 7) is 11.5. The molecule has 0 spiro atoms. The zero-order valence-corrected chi connectivity index (χ0v) is 35.0. The van der Waals surface area contributed by atoms with Crippen LogP contribution < -0.4 is 21.3 Å². The fourth-order valence-electron chi connectivity index (χ4n) is 6.67. The van der Waals surface area contributed by atoms with Crippen LogP contribution in [0, 0.1) is 10.8 Å². The standard InChI is InChI=1S/C46H60N6O6/c1-45(2,3)39(50-43(56)52(7)30-33-19-13-10-14-20-33)42(55)49-37(28-31-17-11-9-12-18-31)38(53)29-35(48-41(54)40(46(4,5)6)51-44(57)58-8)27-32-22-24-34(25-23-32)36-21-15-16-26-47-36/h9-26,35,37-40,53H,27-30H2,1-8H3,(H,48,54)(H,49,55)(H,50,56)(H,51,57). The molecule has 0 aliphatic heterocycles. The zero-order chi connectivity index (χ0) is 42.5. The number of nitrogens with one attached hydrogen (secondary N) is 4. The number of methoxy groups -OCH3 is 1. The maximum atomic E-state index is 14.3. The maximum Gasteiger partial charge on any atom is 0.407 e. The minimum absolute atomic E-state index is 0.0486. The molecule has 3 aromatic carbocycles. The van der Waals surface area contributed by atoms with E-state index in [4.69, 9.17) is 4.74 Å². The number of ether oxygens (including phenoxy) is 1. The average Bonchev–Trinajstić information content (AvgIpc) is 3.18. The third-order valence-electron chi connectivity index (χ3n) is 9.94. The first-order chi connectivity index (χ1) is 27.4. The van der Waals surface area contributed by atoms with Gasteiger partial charge in [0.2, 0.25) is 11.8 Å². The number of rotatable bonds is 16. The van der Waals surface area contributed by atoms with Crippen molar-refractivity contribution in [2.24, 2.45) is 10.8 Å². The number of aliphatic hydroxyl groups excluding tert-OH is 1. The number of carbonyl (C=O) groups is 4. The lowest BCUT2D eigenvalue weighted by Crippen LogP contribution is -2.59. The van der Waals surface area contributed by atoms with Gasteiger partial charge in [-0.15, -0.1) is 0 Å². The SMILES string of the molecule is COC(=O)NC(C(=O)NC(Cc1ccc(-c2ccccn2)cc1)CC(O)C(Cc1ccccc1)NC(=O)C(NC(=O)N(C)Cc1ccccc1)C(C)(C)C)C(C)(C)C. The van der Waals surface area contributed by atoms with Gasteiger partial charge < -0.3 is 36.0 Å². The summed E-state index contributed by atoms with van der Waals surface area (Å²) in [7, 11) is 2.91. The smallest absolute Gasteiger partial charge is 0.407 e. The fourth-order valence-corrected chi connectivity index (χ4v) is 6.67. The topological polar surface area (TPSA) is 162 Å². The van der Waals surface area contributed by atoms with Crippen LogP contribution in [0.15, 0.2) is 109 Å². The van der Waals surface area contributed by atoms with Gasteiger partial charge in [-0.3, -0.25) is 14.6 Å². The first-order valence-electron chi connectivity index (χ1n) is 19.7. The zero-order valence-electron chi connectivity index (χ0n) is 35.0. The summed E-state index contributed by atoms with van der Waals surface area (Å²) in [5.41, 5.74) is 3.10. The van der Waals surface area contributed by atoms with Gasteiger partial charge in [0.25, 0.3) is 0 Å². The van der Waals surface area contributed by atoms with Crippen LogP contribution in [-0.4, -0.2) is 83.4 Å². The van der Waals surface area contributed by atoms with E-state index in [1.54, 1.807) is 13.2 Å². The van der Waals surface area contributed by atoms with Crippen molar-refractivity contribution >= 4 is 23.9 Å². The van der Waals surface area contributed by atoms with Crippen molar-refractivity contribution in [1.29, 1.82) is 0 Å². The van der Waals surface area contributed by atoms with Crippen LogP contribution >= 0.6 is 0 Å². The fraction of sp³-hybridized carbons (Fsp3) is 0.413. The molecule has 0 aliphatic carbocycles. The number of hydrogen-bond donors (Lipinski definition) is 5. The van der Waals surface area contributed by atoms with E-state index in [-0.39, 0.29) is 12.8 Å². The predicted molar refractivity (Wildman–Crippen MR) is 226 cm³/mol. The lowest BCUT2D eigenvalue weighted by Gasteiger charge is -2.35. The Hall–Kier alpha value is -5.75. The molecule has 12 heteroatoms. The van der Waals surface area contributed by atoms with E-state index in [2.05, 4.69) is 26.3 Å². The second-order valence-electron chi connectivity index (χ2n) is 17.0. The Bertz CT molecular complexity index is 1910. The van der Waals surface area contributed by atoms with Crippen molar-refractivity contribution in [1.82, 2.24) is 31.2 Å². The van der Waals surface area contributed by atoms with Crippen molar-refractivity contribution < 1.29 is 29.0 Å². The summed E-state index contributed by atoms with van der Waals surface area (Å²) in [4.78, 5) is 60.0. The number of benzene rings is 3. The first kappa shape index (κ1) is 45.0. The van der Waals surface area contributed by atoms with Gasteiger partial charge in [0.1, 0.15) is 12.1 Å². The molecule has 0 fully saturated rings. The highest BCUT2D eigenvalue weighted by Crippen LogP contribution is 2.24. The number of urea groups is 1. The van der Waals surface area contributed by atoms with Crippen LogP contribution in [0.25, 0.3) is 11.3 Å². The Morgan fingerprint density at radius 1 is 0.672 bits per heavy atom. The van der Waals surface area contributed by atoms with Crippen molar-refractivity contribution in [2.45, 2.75) is 97.6 Å². The Kier molecular flexibility index (Phi) is 16.0. The van der Waals surface area contributed by atoms with E-state index in [1.165, 1.54) is 12.0 Å². The van der Waals surface area contributed by atoms with E-state index in [0.717, 1.165) is 27.9 Å². The molecule has 4 aromatic rings. The van der Waals surface area contributed by atoms with Crippen molar-refractivity contribution in [3.05, 3.63) is 126 Å². The summed E-state index contributed by atoms with van der Waals surface area (Å²) in [5.74, 6) is -0.895. The van der Waals surface area contributed by atoms with Crippen LogP contribution in [0.1, 0.15) is 64.7 Å². The molecule has 0 saturated carbocycles. The molecule has 0 radical (unpaired) electrons. The van der Waals surface area contributed by atoms with Gasteiger partial charge >= 0.3 is 12.1 Å². The maximum absolute atomic E-state index is 14.3. The lowest BCUT2D eigenvalue weighted by atomic mass is 9.85. The second kappa shape index (κ2) is 20.6. The van der Waals surface area contributed by atoms with E-state index in [0.29, 0.717) is 13.0 Å². The molecule has 1 aromatic heterocycles. The van der Waals surface area contributed by atoms with Crippen LogP contribution in [0.2, 0.25) is 0 Å². The van der Waals surface area contributed by atoms with Crippen molar-refractivity contribution in [2.75, 3.05) is 14.2 Å². The summed E-state index contributed by atoms with van der Waals surface area (Å²) in [6, 6.07) is 28.9. The predicted octanol–water partition coefficient (Wildman–Crippen LogP) is 6.28. The number of nitrogens with zero attached hydrogens (tertiary/aromatic N) is 2. The van der Waals surface area contributed by atoms with Gasteiger partial charge in [0, 0.05) is 31.4 Å². The molecule has 1 heterocycles. The van der Waals surface area contributed by atoms with Crippen molar-refractivity contribution in [3.8, 4) is 11.3 Å². The Labute approximate surface area is 343 Å². The van der Waals surface area contributed by atoms with Gasteiger partial charge in [-0.25, -0.2) is 9.59 Å². The number of alkyl carbamates (subject to hydrolysis) is 1. The Morgan fingerprint density at radius 2 is 1.21 bits per heavy atom. The third kappa shape index (κ3) is 13.7. The minimum Gasteiger partial charge on any atom is -0.453 e. The van der Waals surface area contributed by atoms with E-state index < -0.39 is 65.0 Å². The monoisotopic (exact) mass is 792 g/mol. The van der Waals surface area contributed by atoms with Gasteiger partial charge in [-0.05, 0) is 58.9 Å². The van der Waals surface area contributed by atoms with Crippen molar-refractivity contribution in [3.63, 3.8) is 0 Å². The number of aliphatic hydroxyl groups is 1. The molecule has 5 N–H and O–H groups in total. The molecule has 5 unspecified atom stereocenters. The highest BCUT2D eigenvalue weighted by atomic mass is 16.5. The van der Waals surface area contributed by atoms with Crippen LogP contribution in [0.4, 0.5) is 9.59 Å². The molecule has 0 saturated heterocycles. The quantitative estimate of drug-likeness (QED) is 0.0893. The van der Waals surface area contributed by atoms with Gasteiger partial charge in [-0.2, -0.15) is 0 Å². The molecule has 58 heavy (non-hydrogen) atoms.